The minimum Gasteiger partial charge on any atom is -0.392 e. The summed E-state index contributed by atoms with van der Waals surface area (Å²) in [5.41, 5.74) is 2.33. The van der Waals surface area contributed by atoms with Crippen molar-refractivity contribution in [1.82, 2.24) is 0 Å². The molecule has 0 aliphatic rings. The van der Waals surface area contributed by atoms with Crippen molar-refractivity contribution in [2.75, 3.05) is 0 Å². The first kappa shape index (κ1) is 15.1. The molecule has 18 heavy (non-hydrogen) atoms. The van der Waals surface area contributed by atoms with Crippen molar-refractivity contribution in [1.29, 1.82) is 0 Å². The van der Waals surface area contributed by atoms with E-state index in [1.807, 2.05) is 51.1 Å². The second kappa shape index (κ2) is 6.86. The van der Waals surface area contributed by atoms with Gasteiger partial charge in [0.25, 0.3) is 0 Å². The molecule has 1 N–H and O–H groups in total. The molecule has 1 aromatic rings. The molecule has 0 saturated carbocycles. The first-order chi connectivity index (χ1) is 8.41. The van der Waals surface area contributed by atoms with Gasteiger partial charge < -0.3 is 5.11 Å². The van der Waals surface area contributed by atoms with Crippen molar-refractivity contribution in [3.63, 3.8) is 0 Å². The van der Waals surface area contributed by atoms with Crippen LogP contribution in [-0.2, 0) is 10.8 Å². The van der Waals surface area contributed by atoms with E-state index in [2.05, 4.69) is 0 Å². The SMILES string of the molecule is CC(C)=CC[C@@H]([C@H](C)O)S(=O)c1ccc(C)cc1. The van der Waals surface area contributed by atoms with Crippen LogP contribution in [0.25, 0.3) is 0 Å². The molecule has 100 valence electrons. The normalized spacial score (nSPS) is 15.8. The first-order valence-corrected chi connectivity index (χ1v) is 7.41. The highest BCUT2D eigenvalue weighted by molar-refractivity contribution is 7.85. The molecular formula is C15H22O2S. The second-order valence-electron chi connectivity index (χ2n) is 4.91. The summed E-state index contributed by atoms with van der Waals surface area (Å²) in [6.07, 6.45) is 2.09. The van der Waals surface area contributed by atoms with Crippen LogP contribution in [0.2, 0.25) is 0 Å². The molecule has 1 aromatic carbocycles. The number of allylic oxidation sites excluding steroid dienone is 2. The molecule has 0 amide bonds. The summed E-state index contributed by atoms with van der Waals surface area (Å²) in [4.78, 5) is 0.786. The number of hydrogen-bond donors (Lipinski definition) is 1. The molecule has 0 spiro atoms. The minimum atomic E-state index is -1.17. The predicted octanol–water partition coefficient (Wildman–Crippen LogP) is 3.21. The lowest BCUT2D eigenvalue weighted by Gasteiger charge is -2.18. The summed E-state index contributed by atoms with van der Waals surface area (Å²) in [5, 5.41) is 9.54. The zero-order chi connectivity index (χ0) is 13.7. The van der Waals surface area contributed by atoms with E-state index in [1.54, 1.807) is 6.92 Å². The third kappa shape index (κ3) is 4.39. The first-order valence-electron chi connectivity index (χ1n) is 6.20. The molecule has 0 aromatic heterocycles. The lowest BCUT2D eigenvalue weighted by Crippen LogP contribution is -2.27. The summed E-state index contributed by atoms with van der Waals surface area (Å²) >= 11 is 0. The molecule has 0 bridgehead atoms. The van der Waals surface area contributed by atoms with E-state index in [4.69, 9.17) is 0 Å². The molecule has 0 heterocycles. The molecule has 2 nitrogen and oxygen atoms in total. The summed E-state index contributed by atoms with van der Waals surface area (Å²) in [6.45, 7) is 7.72. The van der Waals surface area contributed by atoms with Gasteiger partial charge in [0.05, 0.1) is 22.2 Å². The van der Waals surface area contributed by atoms with Gasteiger partial charge in [-0.25, -0.2) is 0 Å². The van der Waals surface area contributed by atoms with E-state index in [9.17, 15) is 9.32 Å². The molecule has 1 rings (SSSR count). The van der Waals surface area contributed by atoms with E-state index in [0.29, 0.717) is 6.42 Å². The van der Waals surface area contributed by atoms with Gasteiger partial charge in [0.15, 0.2) is 0 Å². The molecule has 3 heteroatoms. The monoisotopic (exact) mass is 266 g/mol. The van der Waals surface area contributed by atoms with Gasteiger partial charge in [-0.1, -0.05) is 29.3 Å². The van der Waals surface area contributed by atoms with Crippen molar-refractivity contribution in [3.05, 3.63) is 41.5 Å². The van der Waals surface area contributed by atoms with E-state index < -0.39 is 16.9 Å². The Morgan fingerprint density at radius 2 is 1.89 bits per heavy atom. The lowest BCUT2D eigenvalue weighted by atomic mass is 10.1. The molecule has 0 aliphatic carbocycles. The van der Waals surface area contributed by atoms with Gasteiger partial charge >= 0.3 is 0 Å². The van der Waals surface area contributed by atoms with Crippen molar-refractivity contribution >= 4 is 10.8 Å². The molecule has 0 radical (unpaired) electrons. The average molecular weight is 266 g/mol. The smallest absolute Gasteiger partial charge is 0.0685 e. The quantitative estimate of drug-likeness (QED) is 0.831. The molecular weight excluding hydrogens is 244 g/mol. The van der Waals surface area contributed by atoms with Crippen molar-refractivity contribution in [2.45, 2.75) is 50.4 Å². The summed E-state index contributed by atoms with van der Waals surface area (Å²) < 4.78 is 12.4. The maximum Gasteiger partial charge on any atom is 0.0685 e. The van der Waals surface area contributed by atoms with E-state index in [1.165, 1.54) is 5.57 Å². The van der Waals surface area contributed by atoms with Crippen LogP contribution in [0.5, 0.6) is 0 Å². The van der Waals surface area contributed by atoms with Crippen LogP contribution in [0.15, 0.2) is 40.8 Å². The Bertz CT molecular complexity index is 428. The van der Waals surface area contributed by atoms with Crippen LogP contribution in [-0.4, -0.2) is 20.7 Å². The second-order valence-corrected chi connectivity index (χ2v) is 6.58. The van der Waals surface area contributed by atoms with Gasteiger partial charge in [0, 0.05) is 4.90 Å². The van der Waals surface area contributed by atoms with Gasteiger partial charge in [0.2, 0.25) is 0 Å². The number of aliphatic hydroxyl groups excluding tert-OH is 1. The summed E-state index contributed by atoms with van der Waals surface area (Å²) in [7, 11) is -1.17. The standard InChI is InChI=1S/C15H22O2S/c1-11(2)5-10-15(13(4)16)18(17)14-8-6-12(3)7-9-14/h5-9,13,15-16H,10H2,1-4H3/t13-,15-,18?/m0/s1. The Morgan fingerprint density at radius 1 is 1.33 bits per heavy atom. The third-order valence-corrected chi connectivity index (χ3v) is 4.70. The van der Waals surface area contributed by atoms with Crippen molar-refractivity contribution < 1.29 is 9.32 Å². The van der Waals surface area contributed by atoms with Crippen molar-refractivity contribution in [3.8, 4) is 0 Å². The fourth-order valence-electron chi connectivity index (χ4n) is 1.66. The molecule has 1 unspecified atom stereocenters. The highest BCUT2D eigenvalue weighted by Crippen LogP contribution is 2.18. The molecule has 0 saturated heterocycles. The molecule has 0 aliphatic heterocycles. The fourth-order valence-corrected chi connectivity index (χ4v) is 3.04. The van der Waals surface area contributed by atoms with Crippen LogP contribution in [0.3, 0.4) is 0 Å². The van der Waals surface area contributed by atoms with Crippen molar-refractivity contribution in [2.24, 2.45) is 0 Å². The Hall–Kier alpha value is -0.930. The largest absolute Gasteiger partial charge is 0.392 e. The Labute approximate surface area is 112 Å². The minimum absolute atomic E-state index is 0.248. The molecule has 0 fully saturated rings. The number of aryl methyl sites for hydroxylation is 1. The van der Waals surface area contributed by atoms with E-state index >= 15 is 0 Å². The van der Waals surface area contributed by atoms with Gasteiger partial charge in [0.1, 0.15) is 0 Å². The van der Waals surface area contributed by atoms with Crippen LogP contribution in [0.4, 0.5) is 0 Å². The van der Waals surface area contributed by atoms with Crippen LogP contribution in [0.1, 0.15) is 32.8 Å². The van der Waals surface area contributed by atoms with Crippen LogP contribution in [0, 0.1) is 6.92 Å². The van der Waals surface area contributed by atoms with Gasteiger partial charge in [-0.2, -0.15) is 0 Å². The van der Waals surface area contributed by atoms with Crippen LogP contribution >= 0.6 is 0 Å². The Balaban J connectivity index is 2.89. The average Bonchev–Trinajstić information content (AvgIpc) is 2.29. The van der Waals surface area contributed by atoms with Gasteiger partial charge in [-0.15, -0.1) is 0 Å². The highest BCUT2D eigenvalue weighted by Gasteiger charge is 2.22. The summed E-state index contributed by atoms with van der Waals surface area (Å²) in [6, 6.07) is 7.66. The number of rotatable bonds is 5. The Morgan fingerprint density at radius 3 is 2.33 bits per heavy atom. The van der Waals surface area contributed by atoms with Gasteiger partial charge in [-0.3, -0.25) is 4.21 Å². The van der Waals surface area contributed by atoms with E-state index in [0.717, 1.165) is 10.5 Å². The number of benzene rings is 1. The Kier molecular flexibility index (Phi) is 5.76. The lowest BCUT2D eigenvalue weighted by molar-refractivity contribution is 0.190. The van der Waals surface area contributed by atoms with Gasteiger partial charge in [-0.05, 0) is 46.2 Å². The van der Waals surface area contributed by atoms with E-state index in [-0.39, 0.29) is 5.25 Å². The highest BCUT2D eigenvalue weighted by atomic mass is 32.2. The number of hydrogen-bond acceptors (Lipinski definition) is 2. The third-order valence-electron chi connectivity index (χ3n) is 2.82. The topological polar surface area (TPSA) is 37.3 Å². The fraction of sp³-hybridized carbons (Fsp3) is 0.467. The maximum absolute atomic E-state index is 12.4. The zero-order valence-electron chi connectivity index (χ0n) is 11.5. The summed E-state index contributed by atoms with van der Waals surface area (Å²) in [5.74, 6) is 0. The predicted molar refractivity (Wildman–Crippen MR) is 77.1 cm³/mol. The zero-order valence-corrected chi connectivity index (χ0v) is 12.3. The van der Waals surface area contributed by atoms with Crippen LogP contribution < -0.4 is 0 Å². The maximum atomic E-state index is 12.4. The number of aliphatic hydroxyl groups is 1. The molecule has 3 atom stereocenters.